The van der Waals surface area contributed by atoms with E-state index in [1.165, 1.54) is 29.4 Å². The van der Waals surface area contributed by atoms with Gasteiger partial charge in [-0.15, -0.1) is 0 Å². The van der Waals surface area contributed by atoms with E-state index in [0.717, 1.165) is 5.82 Å². The lowest BCUT2D eigenvalue weighted by Gasteiger charge is -2.34. The van der Waals surface area contributed by atoms with Crippen molar-refractivity contribution in [2.75, 3.05) is 36.4 Å². The van der Waals surface area contributed by atoms with Gasteiger partial charge in [0.2, 0.25) is 15.9 Å². The van der Waals surface area contributed by atoms with Crippen LogP contribution in [-0.4, -0.2) is 54.8 Å². The molecule has 0 bridgehead atoms. The lowest BCUT2D eigenvalue weighted by atomic mass is 10.3. The van der Waals surface area contributed by atoms with E-state index < -0.39 is 10.0 Å². The van der Waals surface area contributed by atoms with Crippen LogP contribution in [0.3, 0.4) is 0 Å². The van der Waals surface area contributed by atoms with Gasteiger partial charge in [0.1, 0.15) is 5.82 Å². The van der Waals surface area contributed by atoms with Gasteiger partial charge in [0, 0.05) is 45.5 Å². The van der Waals surface area contributed by atoms with E-state index in [1.54, 1.807) is 18.6 Å². The fraction of sp³-hybridized carbons (Fsp3) is 0.312. The van der Waals surface area contributed by atoms with Crippen LogP contribution in [0.25, 0.3) is 0 Å². The van der Waals surface area contributed by atoms with E-state index in [1.807, 2.05) is 4.90 Å². The molecule has 0 spiro atoms. The van der Waals surface area contributed by atoms with Crippen LogP contribution in [0.4, 0.5) is 11.5 Å². The molecule has 0 saturated carbocycles. The number of hydrogen-bond donors (Lipinski definition) is 1. The molecule has 1 aliphatic heterocycles. The fourth-order valence-corrected chi connectivity index (χ4v) is 4.45. The Hall–Kier alpha value is -2.23. The van der Waals surface area contributed by atoms with Gasteiger partial charge in [0.15, 0.2) is 0 Å². The van der Waals surface area contributed by atoms with Crippen molar-refractivity contribution >= 4 is 39.0 Å². The molecule has 1 fully saturated rings. The first-order valence-electron chi connectivity index (χ1n) is 7.96. The van der Waals surface area contributed by atoms with Crippen molar-refractivity contribution in [3.63, 3.8) is 0 Å². The summed E-state index contributed by atoms with van der Waals surface area (Å²) in [5.41, 5.74) is 0.380. The molecule has 0 unspecified atom stereocenters. The second-order valence-corrected chi connectivity index (χ2v) is 8.12. The number of carbonyl (C=O) groups is 1. The Morgan fingerprint density at radius 2 is 1.92 bits per heavy atom. The first-order chi connectivity index (χ1) is 12.4. The number of carbonyl (C=O) groups excluding carboxylic acids is 1. The number of halogens is 1. The van der Waals surface area contributed by atoms with Crippen LogP contribution in [0, 0.1) is 0 Å². The van der Waals surface area contributed by atoms with Gasteiger partial charge in [0.25, 0.3) is 0 Å². The number of amides is 1. The number of nitrogens with zero attached hydrogens (tertiary/aromatic N) is 4. The predicted molar refractivity (Wildman–Crippen MR) is 98.8 cm³/mol. The Morgan fingerprint density at radius 1 is 1.19 bits per heavy atom. The topological polar surface area (TPSA) is 95.5 Å². The van der Waals surface area contributed by atoms with Crippen molar-refractivity contribution < 1.29 is 13.2 Å². The molecule has 26 heavy (non-hydrogen) atoms. The smallest absolute Gasteiger partial charge is 0.243 e. The van der Waals surface area contributed by atoms with Crippen molar-refractivity contribution in [2.45, 2.75) is 11.8 Å². The number of anilines is 2. The number of aromatic nitrogens is 2. The van der Waals surface area contributed by atoms with Gasteiger partial charge in [-0.1, -0.05) is 11.6 Å². The Morgan fingerprint density at radius 3 is 2.50 bits per heavy atom. The van der Waals surface area contributed by atoms with Crippen LogP contribution in [-0.2, 0) is 14.8 Å². The van der Waals surface area contributed by atoms with Gasteiger partial charge in [-0.2, -0.15) is 4.31 Å². The van der Waals surface area contributed by atoms with Gasteiger partial charge < -0.3 is 10.2 Å². The molecular formula is C16H18ClN5O3S. The number of hydrogen-bond acceptors (Lipinski definition) is 6. The van der Waals surface area contributed by atoms with Gasteiger partial charge in [-0.3, -0.25) is 9.78 Å². The average Bonchev–Trinajstić information content (AvgIpc) is 2.64. The zero-order valence-electron chi connectivity index (χ0n) is 14.1. The van der Waals surface area contributed by atoms with Crippen LogP contribution in [0.2, 0.25) is 5.02 Å². The van der Waals surface area contributed by atoms with E-state index in [2.05, 4.69) is 15.3 Å². The summed E-state index contributed by atoms with van der Waals surface area (Å²) in [6.45, 7) is 3.08. The summed E-state index contributed by atoms with van der Waals surface area (Å²) in [6, 6.07) is 4.30. The van der Waals surface area contributed by atoms with Crippen LogP contribution in [0.1, 0.15) is 6.92 Å². The summed E-state index contributed by atoms with van der Waals surface area (Å²) in [5.74, 6) is 0.454. The summed E-state index contributed by atoms with van der Waals surface area (Å²) < 4.78 is 27.1. The van der Waals surface area contributed by atoms with Crippen molar-refractivity contribution in [2.24, 2.45) is 0 Å². The monoisotopic (exact) mass is 395 g/mol. The standard InChI is InChI=1S/C16H18ClN5O3S/c1-12(23)20-15-3-2-13(10-14(15)17)26(24,25)22-8-6-21(7-9-22)16-11-18-4-5-19-16/h2-5,10-11H,6-9H2,1H3,(H,20,23). The minimum atomic E-state index is -3.66. The van der Waals surface area contributed by atoms with E-state index in [0.29, 0.717) is 31.9 Å². The SMILES string of the molecule is CC(=O)Nc1ccc(S(=O)(=O)N2CCN(c3cnccn3)CC2)cc1Cl. The van der Waals surface area contributed by atoms with Crippen molar-refractivity contribution in [3.05, 3.63) is 41.8 Å². The maximum Gasteiger partial charge on any atom is 0.243 e. The molecule has 2 heterocycles. The summed E-state index contributed by atoms with van der Waals surface area (Å²) >= 11 is 6.10. The van der Waals surface area contributed by atoms with Crippen LogP contribution < -0.4 is 10.2 Å². The van der Waals surface area contributed by atoms with E-state index in [-0.39, 0.29) is 15.8 Å². The molecule has 138 valence electrons. The Labute approximate surface area is 156 Å². The number of sulfonamides is 1. The van der Waals surface area contributed by atoms with Gasteiger partial charge in [-0.25, -0.2) is 13.4 Å². The lowest BCUT2D eigenvalue weighted by molar-refractivity contribution is -0.114. The zero-order chi connectivity index (χ0) is 18.7. The minimum absolute atomic E-state index is 0.101. The quantitative estimate of drug-likeness (QED) is 0.844. The molecule has 1 aliphatic rings. The lowest BCUT2D eigenvalue weighted by Crippen LogP contribution is -2.48. The largest absolute Gasteiger partial charge is 0.353 e. The van der Waals surface area contributed by atoms with Gasteiger partial charge in [0.05, 0.1) is 21.8 Å². The third kappa shape index (κ3) is 3.95. The molecule has 8 nitrogen and oxygen atoms in total. The minimum Gasteiger partial charge on any atom is -0.353 e. The number of rotatable bonds is 4. The van der Waals surface area contributed by atoms with Crippen LogP contribution >= 0.6 is 11.6 Å². The van der Waals surface area contributed by atoms with Gasteiger partial charge in [-0.05, 0) is 18.2 Å². The highest BCUT2D eigenvalue weighted by Crippen LogP contribution is 2.27. The predicted octanol–water partition coefficient (Wildman–Crippen LogP) is 1.60. The highest BCUT2D eigenvalue weighted by molar-refractivity contribution is 7.89. The summed E-state index contributed by atoms with van der Waals surface area (Å²) in [6.07, 6.45) is 4.86. The van der Waals surface area contributed by atoms with Crippen molar-refractivity contribution in [3.8, 4) is 0 Å². The second kappa shape index (κ2) is 7.56. The molecule has 1 amide bonds. The molecule has 0 radical (unpaired) electrons. The second-order valence-electron chi connectivity index (χ2n) is 5.78. The highest BCUT2D eigenvalue weighted by Gasteiger charge is 2.29. The average molecular weight is 396 g/mol. The maximum atomic E-state index is 12.8. The Kier molecular flexibility index (Phi) is 5.40. The fourth-order valence-electron chi connectivity index (χ4n) is 2.71. The van der Waals surface area contributed by atoms with E-state index in [9.17, 15) is 13.2 Å². The molecule has 1 aromatic carbocycles. The third-order valence-corrected chi connectivity index (χ3v) is 6.21. The molecule has 1 N–H and O–H groups in total. The number of piperazine rings is 1. The molecule has 0 atom stereocenters. The van der Waals surface area contributed by atoms with Crippen LogP contribution in [0.15, 0.2) is 41.7 Å². The Bertz CT molecular complexity index is 899. The van der Waals surface area contributed by atoms with E-state index >= 15 is 0 Å². The zero-order valence-corrected chi connectivity index (χ0v) is 15.7. The molecule has 1 saturated heterocycles. The highest BCUT2D eigenvalue weighted by atomic mass is 35.5. The van der Waals surface area contributed by atoms with Crippen molar-refractivity contribution in [1.29, 1.82) is 0 Å². The summed E-state index contributed by atoms with van der Waals surface area (Å²) in [7, 11) is -3.66. The molecular weight excluding hydrogens is 378 g/mol. The van der Waals surface area contributed by atoms with Crippen molar-refractivity contribution in [1.82, 2.24) is 14.3 Å². The van der Waals surface area contributed by atoms with E-state index in [4.69, 9.17) is 11.6 Å². The molecule has 0 aliphatic carbocycles. The van der Waals surface area contributed by atoms with Gasteiger partial charge >= 0.3 is 0 Å². The summed E-state index contributed by atoms with van der Waals surface area (Å²) in [4.78, 5) is 21.5. The first kappa shape index (κ1) is 18.6. The molecule has 1 aromatic heterocycles. The first-order valence-corrected chi connectivity index (χ1v) is 9.78. The number of nitrogens with one attached hydrogen (secondary N) is 1. The molecule has 10 heteroatoms. The molecule has 3 rings (SSSR count). The summed E-state index contributed by atoms with van der Waals surface area (Å²) in [5, 5.41) is 2.74. The molecule has 2 aromatic rings. The Balaban J connectivity index is 1.73. The normalized spacial score (nSPS) is 15.7. The third-order valence-electron chi connectivity index (χ3n) is 4.00. The van der Waals surface area contributed by atoms with Crippen LogP contribution in [0.5, 0.6) is 0 Å². The number of benzene rings is 1. The maximum absolute atomic E-state index is 12.8.